The molecule has 108 valence electrons. The average Bonchev–Trinajstić information content (AvgIpc) is 2.27. The number of alkyl halides is 3. The Hall–Kier alpha value is -0.830. The Bertz CT molecular complexity index is 546. The van der Waals surface area contributed by atoms with Crippen molar-refractivity contribution in [3.63, 3.8) is 0 Å². The molecule has 0 bridgehead atoms. The van der Waals surface area contributed by atoms with Crippen LogP contribution in [0.2, 0.25) is 5.02 Å². The Labute approximate surface area is 114 Å². The van der Waals surface area contributed by atoms with E-state index in [0.717, 1.165) is 12.1 Å². The van der Waals surface area contributed by atoms with Crippen LogP contribution >= 0.6 is 11.6 Å². The third-order valence-electron chi connectivity index (χ3n) is 2.21. The van der Waals surface area contributed by atoms with Crippen LogP contribution in [0, 0.1) is 0 Å². The van der Waals surface area contributed by atoms with Gasteiger partial charge in [-0.2, -0.15) is 13.2 Å². The highest BCUT2D eigenvalue weighted by Gasteiger charge is 2.38. The fourth-order valence-corrected chi connectivity index (χ4v) is 3.18. The fraction of sp³-hybridized carbons (Fsp3) is 0.400. The summed E-state index contributed by atoms with van der Waals surface area (Å²) in [6.45, 7) is 0.242. The van der Waals surface area contributed by atoms with Crippen LogP contribution in [-0.4, -0.2) is 28.6 Å². The second-order valence-corrected chi connectivity index (χ2v) is 5.73. The molecule has 0 saturated heterocycles. The number of halogens is 4. The van der Waals surface area contributed by atoms with Crippen molar-refractivity contribution in [3.05, 3.63) is 28.8 Å². The number of likely N-dealkylation sites (N-methyl/N-ethyl adjacent to an activating group) is 1. The van der Waals surface area contributed by atoms with Crippen molar-refractivity contribution < 1.29 is 21.6 Å². The molecule has 0 amide bonds. The molecular formula is C10H12ClF3N2O2S. The summed E-state index contributed by atoms with van der Waals surface area (Å²) in [5.74, 6) is 0. The lowest BCUT2D eigenvalue weighted by Crippen LogP contribution is -2.32. The summed E-state index contributed by atoms with van der Waals surface area (Å²) in [4.78, 5) is -0.944. The summed E-state index contributed by atoms with van der Waals surface area (Å²) >= 11 is 5.60. The lowest BCUT2D eigenvalue weighted by Gasteiger charge is -2.15. The summed E-state index contributed by atoms with van der Waals surface area (Å²) in [6, 6.07) is 2.83. The molecule has 0 radical (unpaired) electrons. The van der Waals surface area contributed by atoms with E-state index in [2.05, 4.69) is 10.0 Å². The van der Waals surface area contributed by atoms with E-state index in [4.69, 9.17) is 11.6 Å². The second kappa shape index (κ2) is 6.08. The minimum Gasteiger partial charge on any atom is -0.318 e. The highest BCUT2D eigenvalue weighted by atomic mass is 35.5. The molecule has 0 unspecified atom stereocenters. The van der Waals surface area contributed by atoms with Crippen molar-refractivity contribution in [2.75, 3.05) is 20.1 Å². The molecule has 0 fully saturated rings. The van der Waals surface area contributed by atoms with Gasteiger partial charge < -0.3 is 5.32 Å². The lowest BCUT2D eigenvalue weighted by atomic mass is 10.2. The molecule has 0 aromatic heterocycles. The first-order chi connectivity index (χ1) is 8.70. The molecule has 0 spiro atoms. The van der Waals surface area contributed by atoms with E-state index in [0.29, 0.717) is 6.07 Å². The monoisotopic (exact) mass is 316 g/mol. The molecule has 4 nitrogen and oxygen atoms in total. The molecule has 0 atom stereocenters. The van der Waals surface area contributed by atoms with Gasteiger partial charge in [0.1, 0.15) is 4.90 Å². The zero-order chi connectivity index (χ0) is 14.7. The Morgan fingerprint density at radius 2 is 1.89 bits per heavy atom. The highest BCUT2D eigenvalue weighted by molar-refractivity contribution is 7.89. The molecule has 2 N–H and O–H groups in total. The third-order valence-corrected chi connectivity index (χ3v) is 4.20. The average molecular weight is 317 g/mol. The molecular weight excluding hydrogens is 305 g/mol. The quantitative estimate of drug-likeness (QED) is 0.815. The Balaban J connectivity index is 3.26. The normalized spacial score (nSPS) is 12.7. The Morgan fingerprint density at radius 3 is 2.42 bits per heavy atom. The van der Waals surface area contributed by atoms with Gasteiger partial charge in [0.25, 0.3) is 0 Å². The largest absolute Gasteiger partial charge is 0.417 e. The van der Waals surface area contributed by atoms with E-state index < -0.39 is 31.7 Å². The first-order valence-electron chi connectivity index (χ1n) is 5.20. The van der Waals surface area contributed by atoms with Gasteiger partial charge >= 0.3 is 6.18 Å². The summed E-state index contributed by atoms with van der Waals surface area (Å²) < 4.78 is 64.2. The Kier molecular flexibility index (Phi) is 5.19. The topological polar surface area (TPSA) is 58.2 Å². The predicted molar refractivity (Wildman–Crippen MR) is 65.6 cm³/mol. The second-order valence-electron chi connectivity index (χ2n) is 3.62. The van der Waals surface area contributed by atoms with Crippen molar-refractivity contribution in [2.24, 2.45) is 0 Å². The molecule has 1 aromatic rings. The molecule has 0 aliphatic carbocycles. The number of sulfonamides is 1. The first-order valence-corrected chi connectivity index (χ1v) is 7.06. The van der Waals surface area contributed by atoms with Crippen LogP contribution in [0.5, 0.6) is 0 Å². The van der Waals surface area contributed by atoms with Crippen molar-refractivity contribution >= 4 is 21.6 Å². The molecule has 19 heavy (non-hydrogen) atoms. The van der Waals surface area contributed by atoms with Crippen molar-refractivity contribution in [2.45, 2.75) is 11.1 Å². The van der Waals surface area contributed by atoms with Gasteiger partial charge in [0.05, 0.1) is 10.6 Å². The standard InChI is InChI=1S/C10H12ClF3N2O2S/c1-15-5-6-16-19(17,18)9-7(10(12,13)14)3-2-4-8(9)11/h2-4,15-16H,5-6H2,1H3. The van der Waals surface area contributed by atoms with Gasteiger partial charge in [-0.3, -0.25) is 0 Å². The molecule has 0 saturated carbocycles. The summed E-state index contributed by atoms with van der Waals surface area (Å²) in [5.41, 5.74) is -1.28. The molecule has 1 rings (SSSR count). The van der Waals surface area contributed by atoms with Crippen molar-refractivity contribution in [3.8, 4) is 0 Å². The van der Waals surface area contributed by atoms with Gasteiger partial charge in [0.2, 0.25) is 10.0 Å². The summed E-state index contributed by atoms with van der Waals surface area (Å²) in [5, 5.41) is 2.20. The summed E-state index contributed by atoms with van der Waals surface area (Å²) in [7, 11) is -2.73. The fourth-order valence-electron chi connectivity index (χ4n) is 1.39. The third kappa shape index (κ3) is 4.07. The van der Waals surface area contributed by atoms with E-state index in [-0.39, 0.29) is 13.1 Å². The smallest absolute Gasteiger partial charge is 0.318 e. The van der Waals surface area contributed by atoms with Gasteiger partial charge in [0, 0.05) is 13.1 Å². The van der Waals surface area contributed by atoms with Gasteiger partial charge in [-0.05, 0) is 19.2 Å². The zero-order valence-electron chi connectivity index (χ0n) is 9.88. The van der Waals surface area contributed by atoms with E-state index in [1.165, 1.54) is 0 Å². The molecule has 0 aliphatic heterocycles. The maximum absolute atomic E-state index is 12.8. The van der Waals surface area contributed by atoms with E-state index in [1.54, 1.807) is 7.05 Å². The van der Waals surface area contributed by atoms with E-state index in [9.17, 15) is 21.6 Å². The van der Waals surface area contributed by atoms with Crippen molar-refractivity contribution in [1.82, 2.24) is 10.0 Å². The molecule has 0 heterocycles. The first kappa shape index (κ1) is 16.2. The minimum atomic E-state index is -4.79. The Morgan fingerprint density at radius 1 is 1.26 bits per heavy atom. The molecule has 1 aromatic carbocycles. The van der Waals surface area contributed by atoms with Gasteiger partial charge in [-0.25, -0.2) is 13.1 Å². The number of rotatable bonds is 5. The van der Waals surface area contributed by atoms with E-state index >= 15 is 0 Å². The molecule has 0 aliphatic rings. The van der Waals surface area contributed by atoms with Crippen LogP contribution in [0.1, 0.15) is 5.56 Å². The minimum absolute atomic E-state index is 0.0403. The zero-order valence-corrected chi connectivity index (χ0v) is 11.5. The van der Waals surface area contributed by atoms with Crippen LogP contribution in [0.3, 0.4) is 0 Å². The van der Waals surface area contributed by atoms with Gasteiger partial charge in [0.15, 0.2) is 0 Å². The molecule has 9 heteroatoms. The van der Waals surface area contributed by atoms with Crippen LogP contribution < -0.4 is 10.0 Å². The predicted octanol–water partition coefficient (Wildman–Crippen LogP) is 1.86. The SMILES string of the molecule is CNCCNS(=O)(=O)c1c(Cl)cccc1C(F)(F)F. The summed E-state index contributed by atoms with van der Waals surface area (Å²) in [6.07, 6.45) is -4.79. The maximum atomic E-state index is 12.8. The van der Waals surface area contributed by atoms with Crippen LogP contribution in [0.15, 0.2) is 23.1 Å². The number of benzene rings is 1. The highest BCUT2D eigenvalue weighted by Crippen LogP contribution is 2.37. The van der Waals surface area contributed by atoms with Crippen LogP contribution in [-0.2, 0) is 16.2 Å². The van der Waals surface area contributed by atoms with Gasteiger partial charge in [-0.15, -0.1) is 0 Å². The number of hydrogen-bond donors (Lipinski definition) is 2. The van der Waals surface area contributed by atoms with Crippen LogP contribution in [0.25, 0.3) is 0 Å². The van der Waals surface area contributed by atoms with Crippen molar-refractivity contribution in [1.29, 1.82) is 0 Å². The van der Waals surface area contributed by atoms with Gasteiger partial charge in [-0.1, -0.05) is 17.7 Å². The van der Waals surface area contributed by atoms with Crippen LogP contribution in [0.4, 0.5) is 13.2 Å². The maximum Gasteiger partial charge on any atom is 0.417 e. The number of nitrogens with one attached hydrogen (secondary N) is 2. The van der Waals surface area contributed by atoms with E-state index in [1.807, 2.05) is 0 Å². The number of hydrogen-bond acceptors (Lipinski definition) is 3. The lowest BCUT2D eigenvalue weighted by molar-refractivity contribution is -0.139.